The predicted octanol–water partition coefficient (Wildman–Crippen LogP) is 1.64. The Hall–Kier alpha value is -0.870. The van der Waals surface area contributed by atoms with E-state index >= 15 is 0 Å². The molecule has 0 saturated heterocycles. The number of rotatable bonds is 3. The van der Waals surface area contributed by atoms with Gasteiger partial charge in [0.25, 0.3) is 0 Å². The van der Waals surface area contributed by atoms with Gasteiger partial charge >= 0.3 is 0 Å². The number of hydrogen-bond acceptors (Lipinski definition) is 4. The average Bonchev–Trinajstić information content (AvgIpc) is 2.20. The minimum Gasteiger partial charge on any atom is -0.382 e. The van der Waals surface area contributed by atoms with Gasteiger partial charge in [0.15, 0.2) is 5.78 Å². The maximum Gasteiger partial charge on any atom is 0.157 e. The van der Waals surface area contributed by atoms with Gasteiger partial charge in [0.05, 0.1) is 0 Å². The van der Waals surface area contributed by atoms with E-state index in [0.29, 0.717) is 12.1 Å². The molecule has 0 atom stereocenters. The third kappa shape index (κ3) is 6.62. The van der Waals surface area contributed by atoms with Crippen LogP contribution in [-0.4, -0.2) is 24.2 Å². The summed E-state index contributed by atoms with van der Waals surface area (Å²) in [6, 6.07) is 0. The number of allylic oxidation sites excluding steroid dienone is 2. The summed E-state index contributed by atoms with van der Waals surface area (Å²) in [7, 11) is 0. The highest BCUT2D eigenvalue weighted by molar-refractivity contribution is 5.90. The van der Waals surface area contributed by atoms with Gasteiger partial charge in [-0.15, -0.1) is 0 Å². The van der Waals surface area contributed by atoms with Gasteiger partial charge in [0, 0.05) is 31.4 Å². The van der Waals surface area contributed by atoms with Crippen LogP contribution in [0.15, 0.2) is 11.8 Å². The van der Waals surface area contributed by atoms with Crippen LogP contribution >= 0.6 is 0 Å². The average molecular weight is 201 g/mol. The van der Waals surface area contributed by atoms with Crippen LogP contribution in [0.1, 0.15) is 33.1 Å². The van der Waals surface area contributed by atoms with Crippen molar-refractivity contribution in [2.24, 2.45) is 0 Å². The molecule has 0 unspecified atom stereocenters. The third-order valence-corrected chi connectivity index (χ3v) is 1.76. The van der Waals surface area contributed by atoms with Crippen LogP contribution in [0.5, 0.6) is 0 Å². The summed E-state index contributed by atoms with van der Waals surface area (Å²) in [6.45, 7) is 5.67. The first-order valence-corrected chi connectivity index (χ1v) is 4.95. The second-order valence-corrected chi connectivity index (χ2v) is 2.88. The molecule has 0 amide bonds. The van der Waals surface area contributed by atoms with Crippen molar-refractivity contribution in [1.29, 1.82) is 0 Å². The Balaban J connectivity index is 0.000000292. The van der Waals surface area contributed by atoms with Gasteiger partial charge in [-0.3, -0.25) is 15.5 Å². The van der Waals surface area contributed by atoms with Crippen LogP contribution in [0.4, 0.5) is 0 Å². The van der Waals surface area contributed by atoms with Gasteiger partial charge < -0.3 is 4.74 Å². The summed E-state index contributed by atoms with van der Waals surface area (Å²) in [4.78, 5) is 10.6. The maximum absolute atomic E-state index is 10.6. The highest BCUT2D eigenvalue weighted by Gasteiger charge is 2.07. The molecule has 0 aromatic rings. The fourth-order valence-electron chi connectivity index (χ4n) is 1.08. The van der Waals surface area contributed by atoms with Crippen LogP contribution in [-0.2, 0) is 9.53 Å². The van der Waals surface area contributed by atoms with Gasteiger partial charge in [0.2, 0.25) is 0 Å². The second kappa shape index (κ2) is 8.72. The van der Waals surface area contributed by atoms with E-state index in [4.69, 9.17) is 9.94 Å². The first-order valence-electron chi connectivity index (χ1n) is 4.95. The number of ketones is 1. The fraction of sp³-hybridized carbons (Fsp3) is 0.700. The summed E-state index contributed by atoms with van der Waals surface area (Å²) in [5, 5.41) is 8.34. The lowest BCUT2D eigenvalue weighted by Gasteiger charge is -2.08. The van der Waals surface area contributed by atoms with Crippen molar-refractivity contribution < 1.29 is 14.7 Å². The quantitative estimate of drug-likeness (QED) is 0.681. The lowest BCUT2D eigenvalue weighted by molar-refractivity contribution is -0.115. The lowest BCUT2D eigenvalue weighted by atomic mass is 10.0. The van der Waals surface area contributed by atoms with Crippen molar-refractivity contribution in [2.45, 2.75) is 33.1 Å². The molecule has 0 spiro atoms. The number of nitrogens with one attached hydrogen (secondary N) is 1. The number of carbonyl (C=O) groups excluding carboxylic acids is 1. The predicted molar refractivity (Wildman–Crippen MR) is 54.0 cm³/mol. The summed E-state index contributed by atoms with van der Waals surface area (Å²) in [6.07, 6.45) is 3.69. The Morgan fingerprint density at radius 3 is 2.36 bits per heavy atom. The van der Waals surface area contributed by atoms with E-state index in [1.807, 2.05) is 19.3 Å². The van der Waals surface area contributed by atoms with Gasteiger partial charge in [-0.1, -0.05) is 0 Å². The molecule has 0 saturated carbocycles. The van der Waals surface area contributed by atoms with Crippen LogP contribution < -0.4 is 5.48 Å². The molecule has 0 radical (unpaired) electrons. The summed E-state index contributed by atoms with van der Waals surface area (Å²) >= 11 is 0. The molecule has 1 aliphatic carbocycles. The second-order valence-electron chi connectivity index (χ2n) is 2.88. The van der Waals surface area contributed by atoms with E-state index in [1.165, 1.54) is 6.08 Å². The number of ether oxygens (including phenoxy) is 1. The van der Waals surface area contributed by atoms with E-state index in [2.05, 4.69) is 0 Å². The Labute approximate surface area is 84.9 Å². The highest BCUT2D eigenvalue weighted by atomic mass is 16.5. The van der Waals surface area contributed by atoms with E-state index < -0.39 is 0 Å². The molecule has 82 valence electrons. The molecular formula is C10H19NO3. The molecular weight excluding hydrogens is 182 g/mol. The summed E-state index contributed by atoms with van der Waals surface area (Å²) in [5.41, 5.74) is 2.61. The molecule has 0 aromatic heterocycles. The number of carbonyl (C=O) groups is 1. The first-order chi connectivity index (χ1) is 6.74. The molecule has 4 nitrogen and oxygen atoms in total. The minimum absolute atomic E-state index is 0.0952. The molecule has 14 heavy (non-hydrogen) atoms. The van der Waals surface area contributed by atoms with Crippen molar-refractivity contribution in [3.63, 3.8) is 0 Å². The molecule has 1 aliphatic rings. The van der Waals surface area contributed by atoms with Crippen LogP contribution in [0, 0.1) is 0 Å². The highest BCUT2D eigenvalue weighted by Crippen LogP contribution is 2.11. The Morgan fingerprint density at radius 2 is 2.07 bits per heavy atom. The standard InChI is InChI=1S/C6H9NO2.C4H10O/c8-6-3-1-2-5(4-6)7-9;1-3-5-4-2/h4,7,9H,1-3H2;3-4H2,1-2H3. The normalized spacial score (nSPS) is 15.4. The molecule has 4 heteroatoms. The topological polar surface area (TPSA) is 58.6 Å². The monoisotopic (exact) mass is 201 g/mol. The van der Waals surface area contributed by atoms with Gasteiger partial charge in [0.1, 0.15) is 0 Å². The zero-order valence-corrected chi connectivity index (χ0v) is 8.88. The summed E-state index contributed by atoms with van der Waals surface area (Å²) < 4.78 is 4.83. The van der Waals surface area contributed by atoms with Crippen molar-refractivity contribution in [3.05, 3.63) is 11.8 Å². The van der Waals surface area contributed by atoms with Crippen molar-refractivity contribution in [1.82, 2.24) is 5.48 Å². The Morgan fingerprint density at radius 1 is 1.43 bits per heavy atom. The van der Waals surface area contributed by atoms with Gasteiger partial charge in [-0.25, -0.2) is 0 Å². The van der Waals surface area contributed by atoms with E-state index in [-0.39, 0.29) is 5.78 Å². The molecule has 0 heterocycles. The third-order valence-electron chi connectivity index (χ3n) is 1.76. The smallest absolute Gasteiger partial charge is 0.157 e. The van der Waals surface area contributed by atoms with Gasteiger partial charge in [-0.2, -0.15) is 0 Å². The van der Waals surface area contributed by atoms with E-state index in [9.17, 15) is 4.79 Å². The van der Waals surface area contributed by atoms with Crippen LogP contribution in [0.3, 0.4) is 0 Å². The van der Waals surface area contributed by atoms with E-state index in [0.717, 1.165) is 26.1 Å². The maximum atomic E-state index is 10.6. The number of hydroxylamine groups is 1. The molecule has 0 aliphatic heterocycles. The summed E-state index contributed by atoms with van der Waals surface area (Å²) in [5.74, 6) is 0.0952. The first kappa shape index (κ1) is 13.1. The van der Waals surface area contributed by atoms with E-state index in [1.54, 1.807) is 0 Å². The Bertz CT molecular complexity index is 188. The molecule has 2 N–H and O–H groups in total. The lowest BCUT2D eigenvalue weighted by Crippen LogP contribution is -2.13. The van der Waals surface area contributed by atoms with Crippen molar-refractivity contribution >= 4 is 5.78 Å². The SMILES string of the molecule is CCOCC.O=C1C=C(NO)CCC1. The van der Waals surface area contributed by atoms with Crippen LogP contribution in [0.25, 0.3) is 0 Å². The zero-order chi connectivity index (χ0) is 10.8. The molecule has 1 rings (SSSR count). The van der Waals surface area contributed by atoms with Crippen LogP contribution in [0.2, 0.25) is 0 Å². The van der Waals surface area contributed by atoms with Crippen molar-refractivity contribution in [2.75, 3.05) is 13.2 Å². The zero-order valence-electron chi connectivity index (χ0n) is 8.88. The molecule has 0 aromatic carbocycles. The Kier molecular flexibility index (Phi) is 8.17. The van der Waals surface area contributed by atoms with Gasteiger partial charge in [-0.05, 0) is 26.7 Å². The minimum atomic E-state index is 0.0952. The molecule has 0 bridgehead atoms. The fourth-order valence-corrected chi connectivity index (χ4v) is 1.08. The van der Waals surface area contributed by atoms with Crippen molar-refractivity contribution in [3.8, 4) is 0 Å². The largest absolute Gasteiger partial charge is 0.382 e. The number of hydrogen-bond donors (Lipinski definition) is 2. The molecule has 0 fully saturated rings.